The summed E-state index contributed by atoms with van der Waals surface area (Å²) in [5, 5.41) is 0. The van der Waals surface area contributed by atoms with Crippen molar-refractivity contribution in [2.75, 3.05) is 0 Å². The normalized spacial score (nSPS) is 13.2. The van der Waals surface area contributed by atoms with Crippen molar-refractivity contribution in [3.8, 4) is 0 Å². The molecule has 6 heteroatoms. The van der Waals surface area contributed by atoms with Crippen LogP contribution in [0.15, 0.2) is 42.5 Å². The number of hydrogen-bond acceptors (Lipinski definition) is 1. The SMILES string of the molecule is NC(Cc1ccc(C(F)(F)F)cc1)c1cc(F)ccc1F. The van der Waals surface area contributed by atoms with Crippen LogP contribution in [0.2, 0.25) is 0 Å². The van der Waals surface area contributed by atoms with E-state index in [0.717, 1.165) is 30.3 Å². The molecule has 0 aliphatic rings. The van der Waals surface area contributed by atoms with Crippen LogP contribution >= 0.6 is 0 Å². The second kappa shape index (κ2) is 5.81. The maximum absolute atomic E-state index is 13.5. The van der Waals surface area contributed by atoms with Gasteiger partial charge in [-0.1, -0.05) is 12.1 Å². The lowest BCUT2D eigenvalue weighted by Crippen LogP contribution is -2.15. The van der Waals surface area contributed by atoms with Crippen LogP contribution in [0.4, 0.5) is 22.0 Å². The first kappa shape index (κ1) is 15.4. The largest absolute Gasteiger partial charge is 0.416 e. The summed E-state index contributed by atoms with van der Waals surface area (Å²) in [5.41, 5.74) is 5.53. The van der Waals surface area contributed by atoms with Crippen molar-refractivity contribution in [2.24, 2.45) is 5.73 Å². The van der Waals surface area contributed by atoms with Gasteiger partial charge in [0.25, 0.3) is 0 Å². The Balaban J connectivity index is 2.16. The van der Waals surface area contributed by atoms with Crippen LogP contribution in [0, 0.1) is 11.6 Å². The number of hydrogen-bond donors (Lipinski definition) is 1. The summed E-state index contributed by atoms with van der Waals surface area (Å²) < 4.78 is 63.9. The van der Waals surface area contributed by atoms with Crippen LogP contribution in [-0.2, 0) is 12.6 Å². The average molecular weight is 301 g/mol. The molecule has 0 saturated carbocycles. The van der Waals surface area contributed by atoms with E-state index in [1.807, 2.05) is 0 Å². The zero-order valence-corrected chi connectivity index (χ0v) is 10.8. The Kier molecular flexibility index (Phi) is 4.27. The van der Waals surface area contributed by atoms with Crippen molar-refractivity contribution >= 4 is 0 Å². The van der Waals surface area contributed by atoms with E-state index >= 15 is 0 Å². The highest BCUT2D eigenvalue weighted by Gasteiger charge is 2.30. The molecule has 2 rings (SSSR count). The molecule has 0 spiro atoms. The third-order valence-electron chi connectivity index (χ3n) is 3.09. The highest BCUT2D eigenvalue weighted by atomic mass is 19.4. The molecule has 0 aromatic heterocycles. The fraction of sp³-hybridized carbons (Fsp3) is 0.200. The van der Waals surface area contributed by atoms with Crippen molar-refractivity contribution in [3.05, 3.63) is 70.8 Å². The van der Waals surface area contributed by atoms with Gasteiger partial charge in [0.05, 0.1) is 5.56 Å². The van der Waals surface area contributed by atoms with Gasteiger partial charge in [0.15, 0.2) is 0 Å². The topological polar surface area (TPSA) is 26.0 Å². The molecule has 0 amide bonds. The third kappa shape index (κ3) is 3.78. The van der Waals surface area contributed by atoms with E-state index in [-0.39, 0.29) is 12.0 Å². The molecule has 0 aliphatic heterocycles. The fourth-order valence-corrected chi connectivity index (χ4v) is 1.99. The number of halogens is 5. The molecular weight excluding hydrogens is 289 g/mol. The Morgan fingerprint density at radius 3 is 2.14 bits per heavy atom. The molecule has 1 atom stereocenters. The van der Waals surface area contributed by atoms with Gasteiger partial charge in [-0.25, -0.2) is 8.78 Å². The van der Waals surface area contributed by atoms with Crippen molar-refractivity contribution in [2.45, 2.75) is 18.6 Å². The van der Waals surface area contributed by atoms with Gasteiger partial charge >= 0.3 is 6.18 Å². The van der Waals surface area contributed by atoms with E-state index in [1.165, 1.54) is 12.1 Å². The molecule has 112 valence electrons. The van der Waals surface area contributed by atoms with Crippen molar-refractivity contribution < 1.29 is 22.0 Å². The minimum Gasteiger partial charge on any atom is -0.324 e. The van der Waals surface area contributed by atoms with Crippen LogP contribution < -0.4 is 5.73 Å². The summed E-state index contributed by atoms with van der Waals surface area (Å²) in [6.07, 6.45) is -4.30. The first-order valence-corrected chi connectivity index (χ1v) is 6.14. The van der Waals surface area contributed by atoms with E-state index in [0.29, 0.717) is 5.56 Å². The minimum atomic E-state index is -4.41. The lowest BCUT2D eigenvalue weighted by molar-refractivity contribution is -0.137. The van der Waals surface area contributed by atoms with Crippen LogP contribution in [0.25, 0.3) is 0 Å². The van der Waals surface area contributed by atoms with Crippen molar-refractivity contribution in [3.63, 3.8) is 0 Å². The Morgan fingerprint density at radius 2 is 1.57 bits per heavy atom. The molecular formula is C15H12F5N. The molecule has 0 fully saturated rings. The summed E-state index contributed by atoms with van der Waals surface area (Å²) in [6.45, 7) is 0. The van der Waals surface area contributed by atoms with Crippen LogP contribution in [0.5, 0.6) is 0 Å². The Morgan fingerprint density at radius 1 is 0.952 bits per heavy atom. The van der Waals surface area contributed by atoms with E-state index in [1.54, 1.807) is 0 Å². The highest BCUT2D eigenvalue weighted by molar-refractivity contribution is 5.28. The molecule has 1 unspecified atom stereocenters. The van der Waals surface area contributed by atoms with Gasteiger partial charge in [0, 0.05) is 11.6 Å². The zero-order chi connectivity index (χ0) is 15.6. The van der Waals surface area contributed by atoms with Gasteiger partial charge in [0.1, 0.15) is 11.6 Å². The van der Waals surface area contributed by atoms with E-state index in [9.17, 15) is 22.0 Å². The molecule has 0 bridgehead atoms. The second-order valence-corrected chi connectivity index (χ2v) is 4.67. The Labute approximate surface area is 118 Å². The summed E-state index contributed by atoms with van der Waals surface area (Å²) in [4.78, 5) is 0. The van der Waals surface area contributed by atoms with Gasteiger partial charge in [-0.05, 0) is 42.3 Å². The molecule has 2 aromatic rings. The summed E-state index contributed by atoms with van der Waals surface area (Å²) in [6, 6.07) is 6.52. The molecule has 0 heterocycles. The van der Waals surface area contributed by atoms with Crippen molar-refractivity contribution in [1.82, 2.24) is 0 Å². The van der Waals surface area contributed by atoms with E-state index < -0.39 is 29.4 Å². The number of benzene rings is 2. The van der Waals surface area contributed by atoms with E-state index in [4.69, 9.17) is 5.73 Å². The van der Waals surface area contributed by atoms with Crippen LogP contribution in [-0.4, -0.2) is 0 Å². The molecule has 0 aliphatic carbocycles. The van der Waals surface area contributed by atoms with Gasteiger partial charge < -0.3 is 5.73 Å². The first-order chi connectivity index (χ1) is 9.77. The summed E-state index contributed by atoms with van der Waals surface area (Å²) >= 11 is 0. The van der Waals surface area contributed by atoms with Gasteiger partial charge in [-0.2, -0.15) is 13.2 Å². The fourth-order valence-electron chi connectivity index (χ4n) is 1.99. The monoisotopic (exact) mass is 301 g/mol. The second-order valence-electron chi connectivity index (χ2n) is 4.67. The van der Waals surface area contributed by atoms with Crippen LogP contribution in [0.1, 0.15) is 22.7 Å². The predicted molar refractivity (Wildman–Crippen MR) is 68.4 cm³/mol. The van der Waals surface area contributed by atoms with E-state index in [2.05, 4.69) is 0 Å². The van der Waals surface area contributed by atoms with Crippen molar-refractivity contribution in [1.29, 1.82) is 0 Å². The summed E-state index contributed by atoms with van der Waals surface area (Å²) in [7, 11) is 0. The Hall–Kier alpha value is -1.95. The Bertz CT molecular complexity index is 619. The average Bonchev–Trinajstić information content (AvgIpc) is 2.41. The quantitative estimate of drug-likeness (QED) is 0.844. The maximum Gasteiger partial charge on any atom is 0.416 e. The molecule has 1 nitrogen and oxygen atoms in total. The minimum absolute atomic E-state index is 0.00472. The molecule has 21 heavy (non-hydrogen) atoms. The predicted octanol–water partition coefficient (Wildman–Crippen LogP) is 4.23. The van der Waals surface area contributed by atoms with Gasteiger partial charge in [0.2, 0.25) is 0 Å². The van der Waals surface area contributed by atoms with Gasteiger partial charge in [-0.3, -0.25) is 0 Å². The van der Waals surface area contributed by atoms with Crippen LogP contribution in [0.3, 0.4) is 0 Å². The lowest BCUT2D eigenvalue weighted by Gasteiger charge is -2.14. The highest BCUT2D eigenvalue weighted by Crippen LogP contribution is 2.29. The first-order valence-electron chi connectivity index (χ1n) is 6.14. The molecule has 2 N–H and O–H groups in total. The zero-order valence-electron chi connectivity index (χ0n) is 10.8. The lowest BCUT2D eigenvalue weighted by atomic mass is 9.98. The van der Waals surface area contributed by atoms with Gasteiger partial charge in [-0.15, -0.1) is 0 Å². The smallest absolute Gasteiger partial charge is 0.324 e. The molecule has 0 radical (unpaired) electrons. The number of nitrogens with two attached hydrogens (primary N) is 1. The molecule has 2 aromatic carbocycles. The number of rotatable bonds is 3. The standard InChI is InChI=1S/C15H12F5N/c16-11-5-6-13(17)12(8-11)14(21)7-9-1-3-10(4-2-9)15(18,19)20/h1-6,8,14H,7,21H2. The number of alkyl halides is 3. The maximum atomic E-state index is 13.5. The summed E-state index contributed by atoms with van der Waals surface area (Å²) in [5.74, 6) is -1.26. The third-order valence-corrected chi connectivity index (χ3v) is 3.09. The molecule has 0 saturated heterocycles.